The monoisotopic (exact) mass is 402 g/mol. The molecule has 2 amide bonds. The lowest BCUT2D eigenvalue weighted by Gasteiger charge is -2.16. The van der Waals surface area contributed by atoms with Crippen molar-refractivity contribution >= 4 is 17.5 Å². The number of hydrogen-bond donors (Lipinski definition) is 2. The molecule has 0 aliphatic carbocycles. The van der Waals surface area contributed by atoms with Gasteiger partial charge in [0.15, 0.2) is 23.0 Å². The van der Waals surface area contributed by atoms with Crippen LogP contribution in [0.3, 0.4) is 0 Å². The van der Waals surface area contributed by atoms with Crippen molar-refractivity contribution in [1.82, 2.24) is 5.32 Å². The van der Waals surface area contributed by atoms with E-state index in [0.29, 0.717) is 53.0 Å². The molecule has 0 radical (unpaired) electrons. The molecule has 2 N–H and O–H groups in total. The maximum atomic E-state index is 12.9. The van der Waals surface area contributed by atoms with Gasteiger partial charge < -0.3 is 29.6 Å². The number of amides is 2. The van der Waals surface area contributed by atoms with Gasteiger partial charge in [-0.05, 0) is 44.2 Å². The minimum absolute atomic E-state index is 0.308. The van der Waals surface area contributed by atoms with Crippen molar-refractivity contribution in [2.24, 2.45) is 0 Å². The van der Waals surface area contributed by atoms with Gasteiger partial charge in [0.1, 0.15) is 0 Å². The van der Waals surface area contributed by atoms with Crippen LogP contribution < -0.4 is 29.6 Å². The van der Waals surface area contributed by atoms with Crippen LogP contribution in [-0.2, 0) is 0 Å². The number of benzene rings is 2. The molecule has 0 heterocycles. The minimum Gasteiger partial charge on any atom is -0.493 e. The van der Waals surface area contributed by atoms with E-state index in [9.17, 15) is 9.59 Å². The Morgan fingerprint density at radius 3 is 2.07 bits per heavy atom. The highest BCUT2D eigenvalue weighted by atomic mass is 16.5. The molecule has 29 heavy (non-hydrogen) atoms. The molecule has 0 fully saturated rings. The second-order valence-corrected chi connectivity index (χ2v) is 5.82. The topological polar surface area (TPSA) is 95.1 Å². The second kappa shape index (κ2) is 10.2. The number of ether oxygens (including phenoxy) is 4. The van der Waals surface area contributed by atoms with E-state index in [1.54, 1.807) is 18.2 Å². The number of methoxy groups -OCH3 is 2. The zero-order valence-electron chi connectivity index (χ0n) is 17.3. The molecule has 0 unspecified atom stereocenters. The van der Waals surface area contributed by atoms with Crippen LogP contribution in [0, 0.1) is 0 Å². The van der Waals surface area contributed by atoms with Crippen molar-refractivity contribution in [3.8, 4) is 23.0 Å². The van der Waals surface area contributed by atoms with Gasteiger partial charge in [0, 0.05) is 18.2 Å². The minimum atomic E-state index is -0.400. The maximum absolute atomic E-state index is 12.9. The summed E-state index contributed by atoms with van der Waals surface area (Å²) in [6.07, 6.45) is 0. The van der Waals surface area contributed by atoms with Crippen molar-refractivity contribution < 1.29 is 28.5 Å². The lowest BCUT2D eigenvalue weighted by molar-refractivity contribution is 0.0961. The Bertz CT molecular complexity index is 882. The fourth-order valence-electron chi connectivity index (χ4n) is 2.72. The molecule has 0 spiro atoms. The van der Waals surface area contributed by atoms with E-state index in [0.717, 1.165) is 0 Å². The summed E-state index contributed by atoms with van der Waals surface area (Å²) >= 11 is 0. The molecule has 0 aromatic heterocycles. The Morgan fingerprint density at radius 2 is 1.48 bits per heavy atom. The van der Waals surface area contributed by atoms with Gasteiger partial charge in [0.05, 0.1) is 33.1 Å². The summed E-state index contributed by atoms with van der Waals surface area (Å²) in [6, 6.07) is 7.99. The normalized spacial score (nSPS) is 10.1. The van der Waals surface area contributed by atoms with E-state index in [4.69, 9.17) is 18.9 Å². The van der Waals surface area contributed by atoms with Crippen molar-refractivity contribution in [3.63, 3.8) is 0 Å². The molecule has 8 nitrogen and oxygen atoms in total. The lowest BCUT2D eigenvalue weighted by Crippen LogP contribution is -2.19. The van der Waals surface area contributed by atoms with Gasteiger partial charge >= 0.3 is 0 Å². The largest absolute Gasteiger partial charge is 0.493 e. The standard InChI is InChI=1S/C21H26N2O6/c1-6-28-16-9-8-13(11-17(16)29-7-2)21(25)23-15-10-14(20(24)22-3)12-18(26-4)19(15)27-5/h8-12H,6-7H2,1-5H3,(H,22,24)(H,23,25). The van der Waals surface area contributed by atoms with E-state index in [2.05, 4.69) is 10.6 Å². The Hall–Kier alpha value is -3.42. The van der Waals surface area contributed by atoms with E-state index in [1.807, 2.05) is 13.8 Å². The van der Waals surface area contributed by atoms with Crippen molar-refractivity contribution in [1.29, 1.82) is 0 Å². The van der Waals surface area contributed by atoms with Gasteiger partial charge in [-0.3, -0.25) is 9.59 Å². The Kier molecular flexibility index (Phi) is 7.70. The number of anilines is 1. The summed E-state index contributed by atoms with van der Waals surface area (Å²) in [5.74, 6) is 0.956. The fraction of sp³-hybridized carbons (Fsp3) is 0.333. The molecule has 0 saturated heterocycles. The number of carbonyl (C=O) groups is 2. The first-order valence-corrected chi connectivity index (χ1v) is 9.18. The smallest absolute Gasteiger partial charge is 0.255 e. The molecule has 2 aromatic rings. The highest BCUT2D eigenvalue weighted by molar-refractivity contribution is 6.06. The summed E-state index contributed by atoms with van der Waals surface area (Å²) in [7, 11) is 4.43. The third-order valence-electron chi connectivity index (χ3n) is 4.02. The first kappa shape index (κ1) is 21.9. The van der Waals surface area contributed by atoms with Crippen LogP contribution in [0.5, 0.6) is 23.0 Å². The third-order valence-corrected chi connectivity index (χ3v) is 4.02. The number of hydrogen-bond acceptors (Lipinski definition) is 6. The third kappa shape index (κ3) is 5.10. The average molecular weight is 402 g/mol. The molecule has 0 saturated carbocycles. The van der Waals surface area contributed by atoms with Crippen LogP contribution in [0.2, 0.25) is 0 Å². The Labute approximate surface area is 170 Å². The molecule has 2 aromatic carbocycles. The molecule has 2 rings (SSSR count). The summed E-state index contributed by atoms with van der Waals surface area (Å²) in [5, 5.41) is 5.32. The number of carbonyl (C=O) groups excluding carboxylic acids is 2. The second-order valence-electron chi connectivity index (χ2n) is 5.82. The van der Waals surface area contributed by atoms with Crippen LogP contribution >= 0.6 is 0 Å². The van der Waals surface area contributed by atoms with Crippen LogP contribution in [0.15, 0.2) is 30.3 Å². The maximum Gasteiger partial charge on any atom is 0.255 e. The highest BCUT2D eigenvalue weighted by Crippen LogP contribution is 2.37. The van der Waals surface area contributed by atoms with Gasteiger partial charge in [-0.15, -0.1) is 0 Å². The van der Waals surface area contributed by atoms with Gasteiger partial charge in [-0.2, -0.15) is 0 Å². The van der Waals surface area contributed by atoms with Gasteiger partial charge in [0.2, 0.25) is 0 Å². The highest BCUT2D eigenvalue weighted by Gasteiger charge is 2.19. The number of rotatable bonds is 9. The molecule has 156 valence electrons. The van der Waals surface area contributed by atoms with E-state index in [-0.39, 0.29) is 5.91 Å². The molecular weight excluding hydrogens is 376 g/mol. The molecule has 0 bridgehead atoms. The summed E-state index contributed by atoms with van der Waals surface area (Å²) in [4.78, 5) is 24.9. The molecule has 0 aliphatic rings. The molecule has 8 heteroatoms. The number of nitrogens with one attached hydrogen (secondary N) is 2. The summed E-state index contributed by atoms with van der Waals surface area (Å²) in [6.45, 7) is 4.64. The quantitative estimate of drug-likeness (QED) is 0.669. The van der Waals surface area contributed by atoms with Crippen LogP contribution in [0.25, 0.3) is 0 Å². The fourth-order valence-corrected chi connectivity index (χ4v) is 2.72. The van der Waals surface area contributed by atoms with E-state index < -0.39 is 5.91 Å². The van der Waals surface area contributed by atoms with Gasteiger partial charge in [0.25, 0.3) is 11.8 Å². The summed E-state index contributed by atoms with van der Waals surface area (Å²) < 4.78 is 21.8. The van der Waals surface area contributed by atoms with Crippen molar-refractivity contribution in [3.05, 3.63) is 41.5 Å². The molecule has 0 atom stereocenters. The average Bonchev–Trinajstić information content (AvgIpc) is 2.73. The first-order chi connectivity index (χ1) is 14.0. The van der Waals surface area contributed by atoms with E-state index in [1.165, 1.54) is 33.4 Å². The molecular formula is C21H26N2O6. The van der Waals surface area contributed by atoms with Crippen LogP contribution in [0.4, 0.5) is 5.69 Å². The lowest BCUT2D eigenvalue weighted by atomic mass is 10.1. The summed E-state index contributed by atoms with van der Waals surface area (Å²) in [5.41, 5.74) is 0.993. The zero-order chi connectivity index (χ0) is 21.4. The Morgan fingerprint density at radius 1 is 0.828 bits per heavy atom. The van der Waals surface area contributed by atoms with Gasteiger partial charge in [-0.25, -0.2) is 0 Å². The zero-order valence-corrected chi connectivity index (χ0v) is 17.3. The predicted octanol–water partition coefficient (Wildman–Crippen LogP) is 3.11. The van der Waals surface area contributed by atoms with Crippen molar-refractivity contribution in [2.45, 2.75) is 13.8 Å². The molecule has 0 aliphatic heterocycles. The SMILES string of the molecule is CCOc1ccc(C(=O)Nc2cc(C(=O)NC)cc(OC)c2OC)cc1OCC. The van der Waals surface area contributed by atoms with Crippen molar-refractivity contribution in [2.75, 3.05) is 39.8 Å². The van der Waals surface area contributed by atoms with Gasteiger partial charge in [-0.1, -0.05) is 0 Å². The Balaban J connectivity index is 2.41. The first-order valence-electron chi connectivity index (χ1n) is 9.18. The van der Waals surface area contributed by atoms with E-state index >= 15 is 0 Å². The van der Waals surface area contributed by atoms with Crippen LogP contribution in [0.1, 0.15) is 34.6 Å². The predicted molar refractivity (Wildman–Crippen MR) is 110 cm³/mol. The van der Waals surface area contributed by atoms with Crippen LogP contribution in [-0.4, -0.2) is 46.3 Å².